The molecule has 1 aliphatic rings. The highest BCUT2D eigenvalue weighted by Gasteiger charge is 2.44. The van der Waals surface area contributed by atoms with Crippen LogP contribution >= 0.6 is 11.6 Å². The number of carbonyl (C=O) groups excluding carboxylic acids is 1. The molecule has 76 valence electrons. The Labute approximate surface area is 85.2 Å². The van der Waals surface area contributed by atoms with Crippen molar-refractivity contribution in [2.45, 2.75) is 51.6 Å². The standard InChI is InChI=1S/C10H18ClNO/c1-9(2)5-8(13)6-10(3,4)12(9)7-11/h5-7H2,1-4H3. The van der Waals surface area contributed by atoms with Crippen LogP contribution in [-0.2, 0) is 4.79 Å². The normalized spacial score (nSPS) is 27.6. The molecule has 2 nitrogen and oxygen atoms in total. The van der Waals surface area contributed by atoms with Gasteiger partial charge < -0.3 is 0 Å². The van der Waals surface area contributed by atoms with E-state index >= 15 is 0 Å². The fraction of sp³-hybridized carbons (Fsp3) is 0.900. The van der Waals surface area contributed by atoms with Crippen LogP contribution in [0.4, 0.5) is 0 Å². The summed E-state index contributed by atoms with van der Waals surface area (Å²) in [7, 11) is 0. The second-order valence-electron chi connectivity index (χ2n) is 5.06. The average molecular weight is 204 g/mol. The topological polar surface area (TPSA) is 20.3 Å². The minimum absolute atomic E-state index is 0.0966. The molecule has 1 aliphatic heterocycles. The molecule has 0 radical (unpaired) electrons. The number of ketones is 1. The maximum absolute atomic E-state index is 11.5. The Bertz CT molecular complexity index is 203. The van der Waals surface area contributed by atoms with Gasteiger partial charge in [-0.3, -0.25) is 9.69 Å². The summed E-state index contributed by atoms with van der Waals surface area (Å²) < 4.78 is 0. The smallest absolute Gasteiger partial charge is 0.136 e. The van der Waals surface area contributed by atoms with Crippen molar-refractivity contribution < 1.29 is 4.79 Å². The Morgan fingerprint density at radius 1 is 1.23 bits per heavy atom. The lowest BCUT2D eigenvalue weighted by Gasteiger charge is -2.51. The molecule has 1 heterocycles. The van der Waals surface area contributed by atoms with Gasteiger partial charge in [-0.2, -0.15) is 0 Å². The van der Waals surface area contributed by atoms with Gasteiger partial charge in [0.1, 0.15) is 5.78 Å². The van der Waals surface area contributed by atoms with Gasteiger partial charge in [-0.25, -0.2) is 0 Å². The van der Waals surface area contributed by atoms with Crippen LogP contribution < -0.4 is 0 Å². The van der Waals surface area contributed by atoms with Crippen LogP contribution in [0.15, 0.2) is 0 Å². The summed E-state index contributed by atoms with van der Waals surface area (Å²) in [5, 5.41) is 0. The second kappa shape index (κ2) is 3.25. The summed E-state index contributed by atoms with van der Waals surface area (Å²) in [6.45, 7) is 8.31. The van der Waals surface area contributed by atoms with E-state index in [0.717, 1.165) is 0 Å². The number of nitrogens with zero attached hydrogens (tertiary/aromatic N) is 1. The number of rotatable bonds is 1. The van der Waals surface area contributed by atoms with Crippen molar-refractivity contribution in [2.75, 3.05) is 6.00 Å². The predicted octanol–water partition coefficient (Wildman–Crippen LogP) is 2.40. The Kier molecular flexibility index (Phi) is 2.75. The third-order valence-corrected chi connectivity index (χ3v) is 3.08. The highest BCUT2D eigenvalue weighted by atomic mass is 35.5. The van der Waals surface area contributed by atoms with Gasteiger partial charge >= 0.3 is 0 Å². The second-order valence-corrected chi connectivity index (χ2v) is 5.30. The predicted molar refractivity (Wildman–Crippen MR) is 55.0 cm³/mol. The lowest BCUT2D eigenvalue weighted by molar-refractivity contribution is -0.132. The fourth-order valence-corrected chi connectivity index (χ4v) is 3.01. The maximum Gasteiger partial charge on any atom is 0.136 e. The van der Waals surface area contributed by atoms with Gasteiger partial charge in [-0.15, -0.1) is 11.6 Å². The molecule has 0 aromatic rings. The number of halogens is 1. The Morgan fingerprint density at radius 3 is 1.92 bits per heavy atom. The molecule has 1 fully saturated rings. The molecule has 0 spiro atoms. The third kappa shape index (κ3) is 2.05. The maximum atomic E-state index is 11.5. The van der Waals surface area contributed by atoms with Gasteiger partial charge in [0.2, 0.25) is 0 Å². The van der Waals surface area contributed by atoms with E-state index in [4.69, 9.17) is 11.6 Å². The van der Waals surface area contributed by atoms with E-state index in [-0.39, 0.29) is 11.1 Å². The Morgan fingerprint density at radius 2 is 1.62 bits per heavy atom. The minimum atomic E-state index is -0.0966. The summed E-state index contributed by atoms with van der Waals surface area (Å²) in [6, 6.07) is 0.493. The van der Waals surface area contributed by atoms with Gasteiger partial charge in [-0.1, -0.05) is 0 Å². The number of hydrogen-bond acceptors (Lipinski definition) is 2. The molecular formula is C10H18ClNO. The molecule has 1 saturated heterocycles. The average Bonchev–Trinajstić information content (AvgIpc) is 1.79. The van der Waals surface area contributed by atoms with Gasteiger partial charge in [-0.05, 0) is 27.7 Å². The van der Waals surface area contributed by atoms with E-state index < -0.39 is 0 Å². The van der Waals surface area contributed by atoms with Crippen molar-refractivity contribution in [3.8, 4) is 0 Å². The van der Waals surface area contributed by atoms with Gasteiger partial charge in [0.25, 0.3) is 0 Å². The fourth-order valence-electron chi connectivity index (χ4n) is 2.36. The van der Waals surface area contributed by atoms with Crippen LogP contribution in [-0.4, -0.2) is 27.8 Å². The van der Waals surface area contributed by atoms with Crippen LogP contribution in [0.2, 0.25) is 0 Å². The molecule has 0 atom stereocenters. The molecule has 0 N–H and O–H groups in total. The van der Waals surface area contributed by atoms with Gasteiger partial charge in [0, 0.05) is 23.9 Å². The molecule has 13 heavy (non-hydrogen) atoms. The van der Waals surface area contributed by atoms with Crippen molar-refractivity contribution in [1.82, 2.24) is 4.90 Å². The van der Waals surface area contributed by atoms with Gasteiger partial charge in [0.15, 0.2) is 0 Å². The lowest BCUT2D eigenvalue weighted by atomic mass is 9.80. The highest BCUT2D eigenvalue weighted by molar-refractivity contribution is 6.17. The Hall–Kier alpha value is -0.0800. The molecule has 0 aromatic heterocycles. The van der Waals surface area contributed by atoms with E-state index in [1.54, 1.807) is 0 Å². The zero-order chi connectivity index (χ0) is 10.3. The molecule has 0 bridgehead atoms. The first-order valence-electron chi connectivity index (χ1n) is 4.65. The number of hydrogen-bond donors (Lipinski definition) is 0. The van der Waals surface area contributed by atoms with Crippen LogP contribution in [0.1, 0.15) is 40.5 Å². The largest absolute Gasteiger partial charge is 0.300 e. The first-order valence-corrected chi connectivity index (χ1v) is 5.18. The van der Waals surface area contributed by atoms with Gasteiger partial charge in [0.05, 0.1) is 6.00 Å². The van der Waals surface area contributed by atoms with Crippen molar-refractivity contribution in [3.05, 3.63) is 0 Å². The SMILES string of the molecule is CC1(C)CC(=O)CC(C)(C)N1CCl. The molecule has 0 unspecified atom stereocenters. The van der Waals surface area contributed by atoms with E-state index in [9.17, 15) is 4.79 Å². The van der Waals surface area contributed by atoms with E-state index in [0.29, 0.717) is 24.6 Å². The number of likely N-dealkylation sites (tertiary alicyclic amines) is 1. The first-order chi connectivity index (χ1) is 5.79. The summed E-state index contributed by atoms with van der Waals surface area (Å²) in [4.78, 5) is 13.7. The van der Waals surface area contributed by atoms with E-state index in [1.807, 2.05) is 0 Å². The molecule has 0 saturated carbocycles. The Balaban J connectivity index is 2.94. The number of carbonyl (C=O) groups is 1. The van der Waals surface area contributed by atoms with Crippen LogP contribution in [0.3, 0.4) is 0 Å². The molecule has 0 amide bonds. The van der Waals surface area contributed by atoms with Crippen molar-refractivity contribution in [3.63, 3.8) is 0 Å². The molecular weight excluding hydrogens is 186 g/mol. The van der Waals surface area contributed by atoms with Crippen LogP contribution in [0.5, 0.6) is 0 Å². The molecule has 0 aliphatic carbocycles. The van der Waals surface area contributed by atoms with Crippen molar-refractivity contribution in [1.29, 1.82) is 0 Å². The molecule has 3 heteroatoms. The first kappa shape index (κ1) is 11.0. The molecule has 1 rings (SSSR count). The lowest BCUT2D eigenvalue weighted by Crippen LogP contribution is -2.60. The van der Waals surface area contributed by atoms with Crippen molar-refractivity contribution in [2.24, 2.45) is 0 Å². The number of alkyl halides is 1. The summed E-state index contributed by atoms with van der Waals surface area (Å²) in [6.07, 6.45) is 1.23. The summed E-state index contributed by atoms with van der Waals surface area (Å²) in [5.74, 6) is 0.344. The quantitative estimate of drug-likeness (QED) is 0.482. The zero-order valence-electron chi connectivity index (χ0n) is 8.85. The number of Topliss-reactive ketones (excluding diaryl/α,β-unsaturated/α-hetero) is 1. The highest BCUT2D eigenvalue weighted by Crippen LogP contribution is 2.36. The summed E-state index contributed by atoms with van der Waals surface area (Å²) >= 11 is 5.91. The number of piperidine rings is 1. The van der Waals surface area contributed by atoms with Crippen molar-refractivity contribution >= 4 is 17.4 Å². The van der Waals surface area contributed by atoms with E-state index in [2.05, 4.69) is 32.6 Å². The monoisotopic (exact) mass is 203 g/mol. The molecule has 0 aromatic carbocycles. The van der Waals surface area contributed by atoms with Crippen LogP contribution in [0, 0.1) is 0 Å². The zero-order valence-corrected chi connectivity index (χ0v) is 9.61. The minimum Gasteiger partial charge on any atom is -0.300 e. The third-order valence-electron chi connectivity index (χ3n) is 2.84. The van der Waals surface area contributed by atoms with Crippen LogP contribution in [0.25, 0.3) is 0 Å². The summed E-state index contributed by atoms with van der Waals surface area (Å²) in [5.41, 5.74) is -0.193. The van der Waals surface area contributed by atoms with E-state index in [1.165, 1.54) is 0 Å².